The summed E-state index contributed by atoms with van der Waals surface area (Å²) < 4.78 is 16.1. The Morgan fingerprint density at radius 2 is 2.00 bits per heavy atom. The van der Waals surface area contributed by atoms with Crippen LogP contribution in [0.2, 0.25) is 0 Å². The summed E-state index contributed by atoms with van der Waals surface area (Å²) in [6, 6.07) is 3.41. The second kappa shape index (κ2) is 7.49. The number of ether oxygens (including phenoxy) is 3. The number of Topliss-reactive ketones (excluding diaryl/α,β-unsaturated/α-hetero) is 1. The van der Waals surface area contributed by atoms with E-state index in [1.165, 1.54) is 0 Å². The predicted octanol–water partition coefficient (Wildman–Crippen LogP) is 3.12. The van der Waals surface area contributed by atoms with E-state index in [4.69, 9.17) is 14.2 Å². The number of rotatable bonds is 8. The summed E-state index contributed by atoms with van der Waals surface area (Å²) in [7, 11) is 1.57. The smallest absolute Gasteiger partial charge is 0.231 e. The van der Waals surface area contributed by atoms with E-state index >= 15 is 0 Å². The van der Waals surface area contributed by atoms with Crippen molar-refractivity contribution in [3.05, 3.63) is 17.7 Å². The summed E-state index contributed by atoms with van der Waals surface area (Å²) in [4.78, 5) is 15.2. The van der Waals surface area contributed by atoms with Crippen molar-refractivity contribution < 1.29 is 19.0 Å². The van der Waals surface area contributed by atoms with Gasteiger partial charge in [-0.2, -0.15) is 0 Å². The van der Waals surface area contributed by atoms with Gasteiger partial charge in [0.25, 0.3) is 0 Å². The number of methoxy groups -OCH3 is 1. The van der Waals surface area contributed by atoms with Crippen LogP contribution < -0.4 is 14.2 Å². The van der Waals surface area contributed by atoms with Gasteiger partial charge >= 0.3 is 0 Å². The molecule has 5 nitrogen and oxygen atoms in total. The molecule has 0 saturated heterocycles. The molecule has 122 valence electrons. The normalized spacial score (nSPS) is 14.2. The Labute approximate surface area is 132 Å². The molecule has 0 aromatic heterocycles. The Balaban J connectivity index is 2.34. The maximum absolute atomic E-state index is 13.0. The molecule has 2 rings (SSSR count). The van der Waals surface area contributed by atoms with Crippen LogP contribution >= 0.6 is 0 Å². The van der Waals surface area contributed by atoms with Crippen LogP contribution in [0, 0.1) is 0 Å². The molecule has 0 bridgehead atoms. The molecule has 1 aromatic carbocycles. The molecule has 0 fully saturated rings. The Morgan fingerprint density at radius 1 is 1.27 bits per heavy atom. The largest absolute Gasteiger partial charge is 0.493 e. The molecule has 5 heteroatoms. The number of likely N-dealkylation sites (N-methyl/N-ethyl adjacent to an activating group) is 1. The first-order valence-corrected chi connectivity index (χ1v) is 7.92. The summed E-state index contributed by atoms with van der Waals surface area (Å²) in [6.45, 7) is 8.14. The summed E-state index contributed by atoms with van der Waals surface area (Å²) in [6.07, 6.45) is 1.81. The highest BCUT2D eigenvalue weighted by molar-refractivity contribution is 6.01. The number of ketones is 1. The van der Waals surface area contributed by atoms with E-state index in [-0.39, 0.29) is 18.6 Å². The zero-order valence-corrected chi connectivity index (χ0v) is 13.8. The molecule has 1 unspecified atom stereocenters. The molecule has 0 radical (unpaired) electrons. The van der Waals surface area contributed by atoms with E-state index in [1.807, 2.05) is 0 Å². The minimum absolute atomic E-state index is 0.106. The van der Waals surface area contributed by atoms with E-state index in [1.54, 1.807) is 19.2 Å². The highest BCUT2D eigenvalue weighted by Gasteiger charge is 2.28. The molecule has 0 aliphatic carbocycles. The third kappa shape index (κ3) is 3.19. The SMILES string of the molecule is CCCC(C(=O)c1cc(OC)c2c(c1)OCO2)N(CC)CC. The van der Waals surface area contributed by atoms with Gasteiger partial charge < -0.3 is 14.2 Å². The van der Waals surface area contributed by atoms with Crippen LogP contribution in [0.4, 0.5) is 0 Å². The first-order valence-electron chi connectivity index (χ1n) is 7.92. The van der Waals surface area contributed by atoms with Crippen molar-refractivity contribution in [2.45, 2.75) is 39.7 Å². The van der Waals surface area contributed by atoms with Crippen molar-refractivity contribution >= 4 is 5.78 Å². The Kier molecular flexibility index (Phi) is 5.66. The van der Waals surface area contributed by atoms with Gasteiger partial charge in [-0.25, -0.2) is 0 Å². The standard InChI is InChI=1S/C17H25NO4/c1-5-8-13(18(6-2)7-3)16(19)12-9-14(20-4)17-15(10-12)21-11-22-17/h9-10,13H,5-8,11H2,1-4H3. The highest BCUT2D eigenvalue weighted by atomic mass is 16.7. The lowest BCUT2D eigenvalue weighted by Gasteiger charge is -2.28. The van der Waals surface area contributed by atoms with Gasteiger partial charge in [-0.1, -0.05) is 27.2 Å². The number of hydrogen-bond donors (Lipinski definition) is 0. The lowest BCUT2D eigenvalue weighted by Crippen LogP contribution is -2.41. The third-order valence-corrected chi connectivity index (χ3v) is 4.06. The maximum Gasteiger partial charge on any atom is 0.231 e. The molecule has 0 spiro atoms. The van der Waals surface area contributed by atoms with Crippen molar-refractivity contribution in [3.8, 4) is 17.2 Å². The zero-order valence-electron chi connectivity index (χ0n) is 13.8. The van der Waals surface area contributed by atoms with Crippen molar-refractivity contribution in [2.75, 3.05) is 27.0 Å². The molecule has 1 aliphatic heterocycles. The number of hydrogen-bond acceptors (Lipinski definition) is 5. The van der Waals surface area contributed by atoms with Crippen LogP contribution in [0.25, 0.3) is 0 Å². The van der Waals surface area contributed by atoms with Crippen LogP contribution in [-0.2, 0) is 0 Å². The van der Waals surface area contributed by atoms with Gasteiger partial charge in [-0.15, -0.1) is 0 Å². The fourth-order valence-electron chi connectivity index (χ4n) is 2.88. The van der Waals surface area contributed by atoms with Gasteiger partial charge in [0.15, 0.2) is 17.3 Å². The lowest BCUT2D eigenvalue weighted by molar-refractivity contribution is 0.0818. The van der Waals surface area contributed by atoms with E-state index in [2.05, 4.69) is 25.7 Å². The monoisotopic (exact) mass is 307 g/mol. The average Bonchev–Trinajstić information content (AvgIpc) is 3.02. The summed E-state index contributed by atoms with van der Waals surface area (Å²) in [5, 5.41) is 0. The van der Waals surface area contributed by atoms with E-state index in [0.29, 0.717) is 22.8 Å². The second-order valence-corrected chi connectivity index (χ2v) is 5.30. The van der Waals surface area contributed by atoms with Gasteiger partial charge in [0.1, 0.15) is 0 Å². The summed E-state index contributed by atoms with van der Waals surface area (Å²) >= 11 is 0. The molecule has 0 amide bonds. The van der Waals surface area contributed by atoms with E-state index in [9.17, 15) is 4.79 Å². The topological polar surface area (TPSA) is 48.0 Å². The Hall–Kier alpha value is -1.75. The molecular weight excluding hydrogens is 282 g/mol. The second-order valence-electron chi connectivity index (χ2n) is 5.30. The number of carbonyl (C=O) groups is 1. The van der Waals surface area contributed by atoms with Crippen molar-refractivity contribution in [1.29, 1.82) is 0 Å². The fraction of sp³-hybridized carbons (Fsp3) is 0.588. The number of nitrogens with zero attached hydrogens (tertiary/aromatic N) is 1. The molecule has 0 saturated carbocycles. The van der Waals surface area contributed by atoms with Crippen LogP contribution in [0.3, 0.4) is 0 Å². The molecule has 1 heterocycles. The van der Waals surface area contributed by atoms with Crippen LogP contribution in [0.15, 0.2) is 12.1 Å². The van der Waals surface area contributed by atoms with Crippen molar-refractivity contribution in [3.63, 3.8) is 0 Å². The van der Waals surface area contributed by atoms with Crippen molar-refractivity contribution in [2.24, 2.45) is 0 Å². The minimum atomic E-state index is -0.106. The van der Waals surface area contributed by atoms with Crippen LogP contribution in [-0.4, -0.2) is 43.7 Å². The first-order chi connectivity index (χ1) is 10.7. The Bertz CT molecular complexity index is 526. The Morgan fingerprint density at radius 3 is 2.59 bits per heavy atom. The van der Waals surface area contributed by atoms with Crippen LogP contribution in [0.5, 0.6) is 17.2 Å². The molecular formula is C17H25NO4. The molecule has 1 atom stereocenters. The summed E-state index contributed by atoms with van der Waals surface area (Å²) in [5.74, 6) is 1.82. The van der Waals surface area contributed by atoms with Crippen LogP contribution in [0.1, 0.15) is 44.0 Å². The first kappa shape index (κ1) is 16.6. The quantitative estimate of drug-likeness (QED) is 0.691. The average molecular weight is 307 g/mol. The molecule has 1 aliphatic rings. The van der Waals surface area contributed by atoms with Gasteiger partial charge in [0, 0.05) is 5.56 Å². The molecule has 22 heavy (non-hydrogen) atoms. The summed E-state index contributed by atoms with van der Waals surface area (Å²) in [5.41, 5.74) is 0.617. The number of benzene rings is 1. The molecule has 1 aromatic rings. The predicted molar refractivity (Wildman–Crippen MR) is 85.1 cm³/mol. The van der Waals surface area contributed by atoms with E-state index in [0.717, 1.165) is 25.9 Å². The van der Waals surface area contributed by atoms with Gasteiger partial charge in [-0.3, -0.25) is 9.69 Å². The fourth-order valence-corrected chi connectivity index (χ4v) is 2.88. The number of carbonyl (C=O) groups excluding carboxylic acids is 1. The van der Waals surface area contributed by atoms with Gasteiger partial charge in [0.05, 0.1) is 13.2 Å². The lowest BCUT2D eigenvalue weighted by atomic mass is 9.98. The van der Waals surface area contributed by atoms with Crippen molar-refractivity contribution in [1.82, 2.24) is 4.90 Å². The third-order valence-electron chi connectivity index (χ3n) is 4.06. The van der Waals surface area contributed by atoms with Gasteiger partial charge in [0.2, 0.25) is 12.5 Å². The minimum Gasteiger partial charge on any atom is -0.493 e. The highest BCUT2D eigenvalue weighted by Crippen LogP contribution is 2.42. The van der Waals surface area contributed by atoms with Gasteiger partial charge in [-0.05, 0) is 31.6 Å². The maximum atomic E-state index is 13.0. The van der Waals surface area contributed by atoms with E-state index < -0.39 is 0 Å². The molecule has 0 N–H and O–H groups in total. The zero-order chi connectivity index (χ0) is 16.1. The number of fused-ring (bicyclic) bond motifs is 1.